The summed E-state index contributed by atoms with van der Waals surface area (Å²) in [5, 5.41) is 6.98. The molecular weight excluding hydrogens is 416 g/mol. The van der Waals surface area contributed by atoms with Crippen molar-refractivity contribution in [1.82, 2.24) is 9.78 Å². The van der Waals surface area contributed by atoms with Crippen molar-refractivity contribution < 1.29 is 32.6 Å². The molecule has 0 saturated heterocycles. The fourth-order valence-corrected chi connectivity index (χ4v) is 2.94. The zero-order chi connectivity index (χ0) is 22.7. The minimum Gasteiger partial charge on any atom is -0.493 e. The molecule has 1 aromatic heterocycles. The van der Waals surface area contributed by atoms with Gasteiger partial charge in [-0.15, -0.1) is 0 Å². The number of hydrogen-bond donors (Lipinski definition) is 1. The number of rotatable bonds is 6. The number of anilines is 1. The van der Waals surface area contributed by atoms with E-state index in [4.69, 9.17) is 9.47 Å². The minimum atomic E-state index is -3.17. The van der Waals surface area contributed by atoms with Crippen molar-refractivity contribution in [3.8, 4) is 11.5 Å². The first kappa shape index (κ1) is 21.7. The highest BCUT2D eigenvalue weighted by molar-refractivity contribution is 6.13. The van der Waals surface area contributed by atoms with E-state index in [1.165, 1.54) is 20.2 Å². The number of ether oxygens (including phenoxy) is 3. The Morgan fingerprint density at radius 2 is 1.77 bits per heavy atom. The zero-order valence-electron chi connectivity index (χ0n) is 16.6. The molecule has 3 aromatic rings. The Morgan fingerprint density at radius 3 is 2.39 bits per heavy atom. The predicted molar refractivity (Wildman–Crippen MR) is 106 cm³/mol. The molecule has 0 aliphatic heterocycles. The van der Waals surface area contributed by atoms with Gasteiger partial charge in [-0.3, -0.25) is 9.59 Å². The average molecular weight is 433 g/mol. The van der Waals surface area contributed by atoms with Crippen molar-refractivity contribution in [1.29, 1.82) is 0 Å². The van der Waals surface area contributed by atoms with E-state index in [2.05, 4.69) is 15.2 Å². The summed E-state index contributed by atoms with van der Waals surface area (Å²) < 4.78 is 40.6. The largest absolute Gasteiger partial charge is 0.493 e. The number of methoxy groups -OCH3 is 2. The van der Waals surface area contributed by atoms with Crippen molar-refractivity contribution in [3.05, 3.63) is 58.0 Å². The Labute approximate surface area is 174 Å². The van der Waals surface area contributed by atoms with E-state index in [0.29, 0.717) is 0 Å². The van der Waals surface area contributed by atoms with E-state index < -0.39 is 29.8 Å². The zero-order valence-corrected chi connectivity index (χ0v) is 16.6. The second kappa shape index (κ2) is 8.78. The van der Waals surface area contributed by atoms with Gasteiger partial charge in [0.05, 0.1) is 30.9 Å². The maximum Gasteiger partial charge on any atom is 0.387 e. The molecule has 3 rings (SSSR count). The number of nitrogens with one attached hydrogen (secondary N) is 1. The summed E-state index contributed by atoms with van der Waals surface area (Å²) in [4.78, 5) is 37.4. The van der Waals surface area contributed by atoms with E-state index in [1.54, 1.807) is 18.2 Å². The molecule has 0 fully saturated rings. The van der Waals surface area contributed by atoms with Crippen molar-refractivity contribution >= 4 is 28.3 Å². The Kier molecular flexibility index (Phi) is 6.14. The molecular formula is C20H17F2N3O6. The van der Waals surface area contributed by atoms with E-state index in [-0.39, 0.29) is 33.5 Å². The van der Waals surface area contributed by atoms with Gasteiger partial charge in [0.25, 0.3) is 11.5 Å². The summed E-state index contributed by atoms with van der Waals surface area (Å²) in [6.07, 6.45) is 0. The van der Waals surface area contributed by atoms with E-state index in [9.17, 15) is 23.2 Å². The molecule has 31 heavy (non-hydrogen) atoms. The lowest BCUT2D eigenvalue weighted by Gasteiger charge is -2.16. The van der Waals surface area contributed by atoms with Gasteiger partial charge in [-0.25, -0.2) is 9.48 Å². The van der Waals surface area contributed by atoms with Crippen molar-refractivity contribution in [2.45, 2.75) is 6.61 Å². The maximum atomic E-state index is 13.0. The maximum absolute atomic E-state index is 13.0. The van der Waals surface area contributed by atoms with Gasteiger partial charge in [0.15, 0.2) is 17.2 Å². The normalized spacial score (nSPS) is 10.8. The van der Waals surface area contributed by atoms with Crippen LogP contribution in [0.3, 0.4) is 0 Å². The molecule has 0 spiro atoms. The molecule has 0 aliphatic rings. The van der Waals surface area contributed by atoms with Crippen LogP contribution >= 0.6 is 0 Å². The molecule has 11 heteroatoms. The number of benzene rings is 2. The smallest absolute Gasteiger partial charge is 0.387 e. The van der Waals surface area contributed by atoms with Gasteiger partial charge in [-0.05, 0) is 6.07 Å². The van der Waals surface area contributed by atoms with Gasteiger partial charge in [-0.2, -0.15) is 13.9 Å². The summed E-state index contributed by atoms with van der Waals surface area (Å²) in [7, 11) is 3.70. The molecule has 0 unspecified atom stereocenters. The second-order valence-electron chi connectivity index (χ2n) is 6.20. The molecule has 0 saturated carbocycles. The lowest BCUT2D eigenvalue weighted by atomic mass is 10.1. The Balaban J connectivity index is 2.12. The number of nitrogens with zero attached hydrogens (tertiary/aromatic N) is 2. The van der Waals surface area contributed by atoms with Crippen LogP contribution in [0.2, 0.25) is 0 Å². The number of fused-ring (bicyclic) bond motifs is 1. The Bertz CT molecular complexity index is 1230. The van der Waals surface area contributed by atoms with Crippen LogP contribution in [-0.4, -0.2) is 42.5 Å². The third-order valence-corrected chi connectivity index (χ3v) is 4.34. The fourth-order valence-electron chi connectivity index (χ4n) is 2.94. The first-order valence-corrected chi connectivity index (χ1v) is 8.79. The van der Waals surface area contributed by atoms with Crippen LogP contribution in [0.4, 0.5) is 14.5 Å². The number of esters is 1. The quantitative estimate of drug-likeness (QED) is 0.595. The molecule has 0 bridgehead atoms. The number of carbonyl (C=O) groups is 2. The number of halogens is 2. The lowest BCUT2D eigenvalue weighted by Crippen LogP contribution is -2.26. The standard InChI is InChI=1S/C20H17F2N3O6/c1-25-18(27)11-7-5-4-6-10(11)16(24-25)17(26)23-13-9-15(31-20(21)22)14(29-2)8-12(13)19(28)30-3/h4-9,20H,1-3H3,(H,23,26). The first-order valence-electron chi connectivity index (χ1n) is 8.79. The molecule has 1 N–H and O–H groups in total. The number of aromatic nitrogens is 2. The van der Waals surface area contributed by atoms with Crippen LogP contribution in [0.5, 0.6) is 11.5 Å². The van der Waals surface area contributed by atoms with Gasteiger partial charge in [-0.1, -0.05) is 18.2 Å². The van der Waals surface area contributed by atoms with Gasteiger partial charge in [0, 0.05) is 24.6 Å². The summed E-state index contributed by atoms with van der Waals surface area (Å²) in [6, 6.07) is 8.46. The van der Waals surface area contributed by atoms with Gasteiger partial charge in [0.2, 0.25) is 0 Å². The van der Waals surface area contributed by atoms with Crippen LogP contribution in [-0.2, 0) is 11.8 Å². The summed E-state index contributed by atoms with van der Waals surface area (Å²) in [6.45, 7) is -3.17. The number of amides is 1. The molecule has 2 aromatic carbocycles. The monoisotopic (exact) mass is 433 g/mol. The van der Waals surface area contributed by atoms with E-state index in [1.807, 2.05) is 0 Å². The highest BCUT2D eigenvalue weighted by atomic mass is 19.3. The molecule has 162 valence electrons. The van der Waals surface area contributed by atoms with Crippen molar-refractivity contribution in [3.63, 3.8) is 0 Å². The molecule has 0 radical (unpaired) electrons. The fraction of sp³-hybridized carbons (Fsp3) is 0.200. The Hall–Kier alpha value is -4.02. The average Bonchev–Trinajstić information content (AvgIpc) is 2.75. The first-order chi connectivity index (χ1) is 14.8. The van der Waals surface area contributed by atoms with Gasteiger partial charge in [0.1, 0.15) is 0 Å². The second-order valence-corrected chi connectivity index (χ2v) is 6.20. The minimum absolute atomic E-state index is 0.110. The van der Waals surface area contributed by atoms with Crippen molar-refractivity contribution in [2.24, 2.45) is 7.05 Å². The van der Waals surface area contributed by atoms with Crippen LogP contribution in [0.15, 0.2) is 41.2 Å². The van der Waals surface area contributed by atoms with Crippen LogP contribution < -0.4 is 20.3 Å². The third kappa shape index (κ3) is 4.29. The predicted octanol–water partition coefficient (Wildman–Crippen LogP) is 2.58. The topological polar surface area (TPSA) is 109 Å². The lowest BCUT2D eigenvalue weighted by molar-refractivity contribution is -0.0511. The molecule has 0 aliphatic carbocycles. The van der Waals surface area contributed by atoms with Gasteiger partial charge < -0.3 is 19.5 Å². The van der Waals surface area contributed by atoms with Gasteiger partial charge >= 0.3 is 12.6 Å². The number of aryl methyl sites for hydroxylation is 1. The van der Waals surface area contributed by atoms with Crippen molar-refractivity contribution in [2.75, 3.05) is 19.5 Å². The molecule has 0 atom stereocenters. The summed E-state index contributed by atoms with van der Waals surface area (Å²) >= 11 is 0. The number of hydrogen-bond acceptors (Lipinski definition) is 7. The molecule has 1 heterocycles. The number of carbonyl (C=O) groups excluding carboxylic acids is 2. The van der Waals surface area contributed by atoms with Crippen LogP contribution in [0.1, 0.15) is 20.8 Å². The SMILES string of the molecule is COC(=O)c1cc(OC)c(OC(F)F)cc1NC(=O)c1nn(C)c(=O)c2ccccc12. The highest BCUT2D eigenvalue weighted by Crippen LogP contribution is 2.35. The van der Waals surface area contributed by atoms with Crippen LogP contribution in [0.25, 0.3) is 10.8 Å². The highest BCUT2D eigenvalue weighted by Gasteiger charge is 2.23. The molecule has 1 amide bonds. The van der Waals surface area contributed by atoms with E-state index >= 15 is 0 Å². The Morgan fingerprint density at radius 1 is 1.10 bits per heavy atom. The van der Waals surface area contributed by atoms with E-state index in [0.717, 1.165) is 23.9 Å². The summed E-state index contributed by atoms with van der Waals surface area (Å²) in [5.74, 6) is -2.20. The number of alkyl halides is 2. The van der Waals surface area contributed by atoms with Crippen LogP contribution in [0, 0.1) is 0 Å². The molecule has 9 nitrogen and oxygen atoms in total. The summed E-state index contributed by atoms with van der Waals surface area (Å²) in [5.41, 5.74) is -0.850. The third-order valence-electron chi connectivity index (χ3n) is 4.34.